The van der Waals surface area contributed by atoms with E-state index >= 15 is 0 Å². The van der Waals surface area contributed by atoms with Crippen molar-refractivity contribution in [3.05, 3.63) is 64.2 Å². The predicted octanol–water partition coefficient (Wildman–Crippen LogP) is 2.36. The first-order valence-corrected chi connectivity index (χ1v) is 7.45. The Morgan fingerprint density at radius 1 is 1.27 bits per heavy atom. The summed E-state index contributed by atoms with van der Waals surface area (Å²) in [5.41, 5.74) is 2.65. The maximum absolute atomic E-state index is 12.2. The summed E-state index contributed by atoms with van der Waals surface area (Å²) in [6.07, 6.45) is 0.0302. The minimum atomic E-state index is -0.614. The molecule has 4 nitrogen and oxygen atoms in total. The lowest BCUT2D eigenvalue weighted by Crippen LogP contribution is -2.34. The van der Waals surface area contributed by atoms with E-state index in [-0.39, 0.29) is 24.1 Å². The molecule has 0 heterocycles. The number of phenolic OH excluding ortho intramolecular Hbond substituents is 1. The molecule has 0 saturated heterocycles. The Labute approximate surface area is 133 Å². The van der Waals surface area contributed by atoms with Gasteiger partial charge in [-0.3, -0.25) is 4.79 Å². The number of aromatic hydroxyl groups is 1. The normalized spacial score (nSPS) is 19.7. The summed E-state index contributed by atoms with van der Waals surface area (Å²) in [7, 11) is 0. The van der Waals surface area contributed by atoms with Crippen LogP contribution in [-0.2, 0) is 17.6 Å². The third-order valence-electron chi connectivity index (χ3n) is 3.91. The molecule has 0 radical (unpaired) electrons. The molecule has 0 aromatic heterocycles. The van der Waals surface area contributed by atoms with Crippen LogP contribution >= 0.6 is 11.6 Å². The number of halogens is 1. The number of benzene rings is 2. The van der Waals surface area contributed by atoms with Gasteiger partial charge < -0.3 is 15.5 Å². The number of fused-ring (bicyclic) bond motifs is 1. The summed E-state index contributed by atoms with van der Waals surface area (Å²) in [6, 6.07) is 11.8. The number of amides is 1. The Kier molecular flexibility index (Phi) is 4.05. The largest absolute Gasteiger partial charge is 0.508 e. The van der Waals surface area contributed by atoms with Gasteiger partial charge in [-0.2, -0.15) is 0 Å². The first kappa shape index (κ1) is 14.9. The topological polar surface area (TPSA) is 69.6 Å². The molecular formula is C17H16ClNO3. The standard InChI is InChI=1S/C17H16ClNO3/c18-14-9-12(20)6-5-11(14)8-16(22)19-17-13-4-2-1-3-10(13)7-15(17)21/h1-6,9,15,17,20-21H,7-8H2,(H,19,22)/t15-,17+/m0/s1. The zero-order chi connectivity index (χ0) is 15.7. The number of phenols is 1. The quantitative estimate of drug-likeness (QED) is 0.814. The molecule has 1 amide bonds. The minimum Gasteiger partial charge on any atom is -0.508 e. The van der Waals surface area contributed by atoms with E-state index in [1.165, 1.54) is 12.1 Å². The second-order valence-corrected chi connectivity index (χ2v) is 5.88. The van der Waals surface area contributed by atoms with Gasteiger partial charge in [0.05, 0.1) is 18.6 Å². The van der Waals surface area contributed by atoms with Gasteiger partial charge in [0.1, 0.15) is 5.75 Å². The Morgan fingerprint density at radius 2 is 2.05 bits per heavy atom. The van der Waals surface area contributed by atoms with Crippen molar-refractivity contribution in [1.29, 1.82) is 0 Å². The molecular weight excluding hydrogens is 302 g/mol. The fourth-order valence-corrected chi connectivity index (χ4v) is 3.07. The molecule has 0 unspecified atom stereocenters. The summed E-state index contributed by atoms with van der Waals surface area (Å²) in [5.74, 6) is -0.150. The van der Waals surface area contributed by atoms with Crippen LogP contribution in [0.1, 0.15) is 22.7 Å². The van der Waals surface area contributed by atoms with E-state index in [9.17, 15) is 15.0 Å². The predicted molar refractivity (Wildman–Crippen MR) is 83.9 cm³/mol. The lowest BCUT2D eigenvalue weighted by Gasteiger charge is -2.18. The van der Waals surface area contributed by atoms with E-state index in [0.29, 0.717) is 17.0 Å². The van der Waals surface area contributed by atoms with E-state index in [0.717, 1.165) is 11.1 Å². The fourth-order valence-electron chi connectivity index (χ4n) is 2.82. The molecule has 0 fully saturated rings. The van der Waals surface area contributed by atoms with Crippen LogP contribution in [-0.4, -0.2) is 22.2 Å². The molecule has 22 heavy (non-hydrogen) atoms. The summed E-state index contributed by atoms with van der Waals surface area (Å²) in [4.78, 5) is 12.2. The summed E-state index contributed by atoms with van der Waals surface area (Å²) in [6.45, 7) is 0. The van der Waals surface area contributed by atoms with Gasteiger partial charge in [0.2, 0.25) is 5.91 Å². The van der Waals surface area contributed by atoms with Gasteiger partial charge in [-0.15, -0.1) is 0 Å². The summed E-state index contributed by atoms with van der Waals surface area (Å²) >= 11 is 6.01. The number of aliphatic hydroxyl groups excluding tert-OH is 1. The van der Waals surface area contributed by atoms with E-state index < -0.39 is 6.10 Å². The zero-order valence-electron chi connectivity index (χ0n) is 11.8. The fraction of sp³-hybridized carbons (Fsp3) is 0.235. The average Bonchev–Trinajstić information content (AvgIpc) is 2.78. The smallest absolute Gasteiger partial charge is 0.225 e. The van der Waals surface area contributed by atoms with Gasteiger partial charge >= 0.3 is 0 Å². The van der Waals surface area contributed by atoms with Crippen molar-refractivity contribution >= 4 is 17.5 Å². The molecule has 0 spiro atoms. The Morgan fingerprint density at radius 3 is 2.82 bits per heavy atom. The van der Waals surface area contributed by atoms with Crippen LogP contribution in [0.15, 0.2) is 42.5 Å². The average molecular weight is 318 g/mol. The molecule has 114 valence electrons. The molecule has 2 atom stereocenters. The maximum Gasteiger partial charge on any atom is 0.225 e. The third kappa shape index (κ3) is 2.93. The molecule has 1 aliphatic rings. The van der Waals surface area contributed by atoms with Crippen LogP contribution in [0.3, 0.4) is 0 Å². The van der Waals surface area contributed by atoms with E-state index in [1.807, 2.05) is 24.3 Å². The molecule has 0 saturated carbocycles. The number of hydrogen-bond donors (Lipinski definition) is 3. The molecule has 2 aromatic rings. The SMILES string of the molecule is O=C(Cc1ccc(O)cc1Cl)N[C@@H]1c2ccccc2C[C@@H]1O. The molecule has 1 aliphatic carbocycles. The maximum atomic E-state index is 12.2. The van der Waals surface area contributed by atoms with Gasteiger partial charge in [-0.05, 0) is 28.8 Å². The van der Waals surface area contributed by atoms with Crippen molar-refractivity contribution in [2.75, 3.05) is 0 Å². The lowest BCUT2D eigenvalue weighted by atomic mass is 10.1. The summed E-state index contributed by atoms with van der Waals surface area (Å²) in [5, 5.41) is 22.7. The Balaban J connectivity index is 1.72. The van der Waals surface area contributed by atoms with Gasteiger partial charge in [0.15, 0.2) is 0 Å². The molecule has 3 N–H and O–H groups in total. The van der Waals surface area contributed by atoms with E-state index in [4.69, 9.17) is 11.6 Å². The summed E-state index contributed by atoms with van der Waals surface area (Å²) < 4.78 is 0. The second kappa shape index (κ2) is 5.99. The van der Waals surface area contributed by atoms with E-state index in [2.05, 4.69) is 5.32 Å². The molecule has 0 aliphatic heterocycles. The van der Waals surface area contributed by atoms with Crippen molar-refractivity contribution in [2.45, 2.75) is 25.0 Å². The first-order chi connectivity index (χ1) is 10.5. The second-order valence-electron chi connectivity index (χ2n) is 5.47. The van der Waals surface area contributed by atoms with Crippen LogP contribution in [0, 0.1) is 0 Å². The van der Waals surface area contributed by atoms with Crippen LogP contribution in [0.2, 0.25) is 5.02 Å². The number of carbonyl (C=O) groups is 1. The first-order valence-electron chi connectivity index (χ1n) is 7.07. The Hall–Kier alpha value is -2.04. The van der Waals surface area contributed by atoms with E-state index in [1.54, 1.807) is 6.07 Å². The zero-order valence-corrected chi connectivity index (χ0v) is 12.5. The van der Waals surface area contributed by atoms with Gasteiger partial charge in [0.25, 0.3) is 0 Å². The minimum absolute atomic E-state index is 0.0642. The number of rotatable bonds is 3. The van der Waals surface area contributed by atoms with Crippen LogP contribution < -0.4 is 5.32 Å². The highest BCUT2D eigenvalue weighted by Gasteiger charge is 2.31. The highest BCUT2D eigenvalue weighted by molar-refractivity contribution is 6.31. The van der Waals surface area contributed by atoms with Crippen molar-refractivity contribution < 1.29 is 15.0 Å². The van der Waals surface area contributed by atoms with Crippen molar-refractivity contribution in [3.63, 3.8) is 0 Å². The van der Waals surface area contributed by atoms with Gasteiger partial charge in [-0.1, -0.05) is 41.9 Å². The van der Waals surface area contributed by atoms with Crippen LogP contribution in [0.25, 0.3) is 0 Å². The van der Waals surface area contributed by atoms with Crippen LogP contribution in [0.5, 0.6) is 5.75 Å². The monoisotopic (exact) mass is 317 g/mol. The third-order valence-corrected chi connectivity index (χ3v) is 4.26. The Bertz CT molecular complexity index is 717. The highest BCUT2D eigenvalue weighted by Crippen LogP contribution is 2.31. The molecule has 5 heteroatoms. The molecule has 3 rings (SSSR count). The molecule has 0 bridgehead atoms. The lowest BCUT2D eigenvalue weighted by molar-refractivity contribution is -0.121. The number of carbonyl (C=O) groups excluding carboxylic acids is 1. The van der Waals surface area contributed by atoms with Gasteiger partial charge in [0, 0.05) is 11.4 Å². The highest BCUT2D eigenvalue weighted by atomic mass is 35.5. The van der Waals surface area contributed by atoms with Crippen LogP contribution in [0.4, 0.5) is 0 Å². The van der Waals surface area contributed by atoms with Crippen molar-refractivity contribution in [1.82, 2.24) is 5.32 Å². The number of aliphatic hydroxyl groups is 1. The molecule has 2 aromatic carbocycles. The number of hydrogen-bond acceptors (Lipinski definition) is 3. The van der Waals surface area contributed by atoms with Crippen molar-refractivity contribution in [2.24, 2.45) is 0 Å². The number of nitrogens with one attached hydrogen (secondary N) is 1. The van der Waals surface area contributed by atoms with Gasteiger partial charge in [-0.25, -0.2) is 0 Å². The van der Waals surface area contributed by atoms with Crippen molar-refractivity contribution in [3.8, 4) is 5.75 Å².